The lowest BCUT2D eigenvalue weighted by Gasteiger charge is -2.13. The Labute approximate surface area is 204 Å². The first-order chi connectivity index (χ1) is 16.9. The Morgan fingerprint density at radius 1 is 0.829 bits per heavy atom. The summed E-state index contributed by atoms with van der Waals surface area (Å²) >= 11 is 0. The molecule has 4 N–H and O–H groups in total. The molecule has 1 amide bonds. The number of nitrogen functional groups attached to an aromatic ring is 1. The van der Waals surface area contributed by atoms with Gasteiger partial charge in [-0.3, -0.25) is 4.79 Å². The normalized spacial score (nSPS) is 11.0. The van der Waals surface area contributed by atoms with Crippen molar-refractivity contribution in [2.75, 3.05) is 39.5 Å². The van der Waals surface area contributed by atoms with Crippen molar-refractivity contribution in [3.05, 3.63) is 71.3 Å². The van der Waals surface area contributed by atoms with E-state index in [-0.39, 0.29) is 17.2 Å². The summed E-state index contributed by atoms with van der Waals surface area (Å²) in [6, 6.07) is 14.1. The standard InChI is InChI=1S/C27H28N2O6/c1-32-22-14-17(9-10-18-15-23(33-2)27(35-4)24(16-18)34-3)13-21(26(22)31)29-25(30)12-11-19-7-5-6-8-20(19)28/h5-16,31H,28H2,1-4H3,(H,29,30)/b10-9+,12-11+. The molecule has 0 heterocycles. The van der Waals surface area contributed by atoms with Gasteiger partial charge in [-0.1, -0.05) is 30.4 Å². The van der Waals surface area contributed by atoms with E-state index in [2.05, 4.69) is 5.32 Å². The van der Waals surface area contributed by atoms with Crippen LogP contribution in [0.3, 0.4) is 0 Å². The van der Waals surface area contributed by atoms with E-state index in [9.17, 15) is 9.90 Å². The van der Waals surface area contributed by atoms with Crippen molar-refractivity contribution < 1.29 is 28.8 Å². The van der Waals surface area contributed by atoms with Crippen molar-refractivity contribution in [1.29, 1.82) is 0 Å². The highest BCUT2D eigenvalue weighted by Gasteiger charge is 2.14. The number of nitrogens with two attached hydrogens (primary N) is 1. The minimum atomic E-state index is -0.434. The summed E-state index contributed by atoms with van der Waals surface area (Å²) in [5.41, 5.74) is 8.85. The Bertz CT molecular complexity index is 1240. The number of phenols is 1. The molecule has 0 saturated heterocycles. The maximum absolute atomic E-state index is 12.5. The molecular formula is C27H28N2O6. The number of benzene rings is 3. The van der Waals surface area contributed by atoms with E-state index in [1.54, 1.807) is 69.9 Å². The van der Waals surface area contributed by atoms with Gasteiger partial charge in [-0.2, -0.15) is 0 Å². The van der Waals surface area contributed by atoms with E-state index < -0.39 is 5.91 Å². The third-order valence-electron chi connectivity index (χ3n) is 5.14. The third kappa shape index (κ3) is 6.05. The Morgan fingerprint density at radius 2 is 1.40 bits per heavy atom. The Morgan fingerprint density at radius 3 is 1.97 bits per heavy atom. The van der Waals surface area contributed by atoms with E-state index in [4.69, 9.17) is 24.7 Å². The summed E-state index contributed by atoms with van der Waals surface area (Å²) in [6.07, 6.45) is 6.59. The number of rotatable bonds is 9. The quantitative estimate of drug-likeness (QED) is 0.175. The minimum absolute atomic E-state index is 0.182. The number of ether oxygens (including phenoxy) is 4. The molecule has 0 aromatic heterocycles. The maximum atomic E-state index is 12.5. The number of hydrogen-bond acceptors (Lipinski definition) is 7. The molecule has 0 spiro atoms. The van der Waals surface area contributed by atoms with Gasteiger partial charge in [0.1, 0.15) is 0 Å². The maximum Gasteiger partial charge on any atom is 0.248 e. The number of aromatic hydroxyl groups is 1. The summed E-state index contributed by atoms with van der Waals surface area (Å²) in [5, 5.41) is 13.2. The first-order valence-corrected chi connectivity index (χ1v) is 10.6. The number of amides is 1. The lowest BCUT2D eigenvalue weighted by molar-refractivity contribution is -0.111. The molecule has 0 saturated carbocycles. The van der Waals surface area contributed by atoms with Crippen LogP contribution in [0.25, 0.3) is 18.2 Å². The van der Waals surface area contributed by atoms with Crippen LogP contribution in [-0.2, 0) is 4.79 Å². The first kappa shape index (κ1) is 25.0. The Hall–Kier alpha value is -4.59. The summed E-state index contributed by atoms with van der Waals surface area (Å²) in [7, 11) is 6.07. The lowest BCUT2D eigenvalue weighted by Crippen LogP contribution is -2.08. The number of hydrogen-bond donors (Lipinski definition) is 3. The van der Waals surface area contributed by atoms with Crippen molar-refractivity contribution in [2.24, 2.45) is 0 Å². The van der Waals surface area contributed by atoms with Gasteiger partial charge in [0.2, 0.25) is 11.7 Å². The van der Waals surface area contributed by atoms with Crippen molar-refractivity contribution in [3.8, 4) is 28.7 Å². The fraction of sp³-hybridized carbons (Fsp3) is 0.148. The molecule has 3 aromatic rings. The smallest absolute Gasteiger partial charge is 0.248 e. The second-order valence-electron chi connectivity index (χ2n) is 7.36. The van der Waals surface area contributed by atoms with Gasteiger partial charge >= 0.3 is 0 Å². The summed E-state index contributed by atoms with van der Waals surface area (Å²) < 4.78 is 21.4. The van der Waals surface area contributed by atoms with Gasteiger partial charge in [0.25, 0.3) is 0 Å². The highest BCUT2D eigenvalue weighted by Crippen LogP contribution is 2.39. The lowest BCUT2D eigenvalue weighted by atomic mass is 10.1. The van der Waals surface area contributed by atoms with Gasteiger partial charge in [0.05, 0.1) is 34.1 Å². The molecule has 182 valence electrons. The third-order valence-corrected chi connectivity index (χ3v) is 5.14. The van der Waals surface area contributed by atoms with Gasteiger partial charge < -0.3 is 35.1 Å². The molecule has 35 heavy (non-hydrogen) atoms. The SMILES string of the molecule is COc1cc(/C=C/c2cc(OC)c(OC)c(OC)c2)cc(NC(=O)/C=C/c2ccccc2N)c1O. The number of anilines is 2. The fourth-order valence-corrected chi connectivity index (χ4v) is 3.37. The van der Waals surface area contributed by atoms with Crippen LogP contribution < -0.4 is 30.0 Å². The average molecular weight is 477 g/mol. The number of nitrogens with one attached hydrogen (secondary N) is 1. The van der Waals surface area contributed by atoms with Crippen LogP contribution in [-0.4, -0.2) is 39.5 Å². The van der Waals surface area contributed by atoms with E-state index in [1.165, 1.54) is 13.2 Å². The second-order valence-corrected chi connectivity index (χ2v) is 7.36. The number of phenolic OH excluding ortho intramolecular Hbond substituents is 1. The van der Waals surface area contributed by atoms with Crippen LogP contribution in [0.4, 0.5) is 11.4 Å². The van der Waals surface area contributed by atoms with Crippen LogP contribution >= 0.6 is 0 Å². The van der Waals surface area contributed by atoms with Crippen molar-refractivity contribution >= 4 is 35.5 Å². The van der Waals surface area contributed by atoms with Crippen molar-refractivity contribution in [1.82, 2.24) is 0 Å². The molecule has 0 unspecified atom stereocenters. The number of carbonyl (C=O) groups is 1. The van der Waals surface area contributed by atoms with E-state index in [1.807, 2.05) is 18.2 Å². The molecular weight excluding hydrogens is 448 g/mol. The van der Waals surface area contributed by atoms with E-state index in [0.717, 1.165) is 5.56 Å². The van der Waals surface area contributed by atoms with Gasteiger partial charge in [0.15, 0.2) is 23.0 Å². The predicted octanol–water partition coefficient (Wildman–Crippen LogP) is 4.83. The van der Waals surface area contributed by atoms with Gasteiger partial charge in [0, 0.05) is 11.8 Å². The molecule has 0 radical (unpaired) electrons. The van der Waals surface area contributed by atoms with Crippen LogP contribution in [0.1, 0.15) is 16.7 Å². The van der Waals surface area contributed by atoms with Gasteiger partial charge in [-0.15, -0.1) is 0 Å². The molecule has 0 bridgehead atoms. The van der Waals surface area contributed by atoms with Crippen LogP contribution in [0, 0.1) is 0 Å². The molecule has 8 nitrogen and oxygen atoms in total. The number of para-hydroxylation sites is 1. The van der Waals surface area contributed by atoms with E-state index in [0.29, 0.717) is 34.1 Å². The molecule has 3 rings (SSSR count). The van der Waals surface area contributed by atoms with Crippen molar-refractivity contribution in [3.63, 3.8) is 0 Å². The second kappa shape index (κ2) is 11.5. The topological polar surface area (TPSA) is 112 Å². The van der Waals surface area contributed by atoms with Crippen LogP contribution in [0.15, 0.2) is 54.6 Å². The Balaban J connectivity index is 1.88. The summed E-state index contributed by atoms with van der Waals surface area (Å²) in [6.45, 7) is 0. The van der Waals surface area contributed by atoms with Crippen LogP contribution in [0.5, 0.6) is 28.7 Å². The highest BCUT2D eigenvalue weighted by atomic mass is 16.5. The molecule has 8 heteroatoms. The summed E-state index contributed by atoms with van der Waals surface area (Å²) in [4.78, 5) is 12.5. The number of methoxy groups -OCH3 is 4. The Kier molecular flexibility index (Phi) is 8.24. The fourth-order valence-electron chi connectivity index (χ4n) is 3.37. The zero-order valence-electron chi connectivity index (χ0n) is 20.0. The molecule has 0 aliphatic rings. The molecule has 0 aliphatic heterocycles. The minimum Gasteiger partial charge on any atom is -0.503 e. The number of carbonyl (C=O) groups excluding carboxylic acids is 1. The molecule has 0 aliphatic carbocycles. The monoisotopic (exact) mass is 476 g/mol. The predicted molar refractivity (Wildman–Crippen MR) is 138 cm³/mol. The van der Waals surface area contributed by atoms with Crippen molar-refractivity contribution in [2.45, 2.75) is 0 Å². The summed E-state index contributed by atoms with van der Waals surface area (Å²) in [5.74, 6) is 1.13. The molecule has 0 atom stereocenters. The van der Waals surface area contributed by atoms with Gasteiger partial charge in [-0.25, -0.2) is 0 Å². The zero-order valence-corrected chi connectivity index (χ0v) is 20.0. The average Bonchev–Trinajstić information content (AvgIpc) is 2.87. The first-order valence-electron chi connectivity index (χ1n) is 10.6. The molecule has 3 aromatic carbocycles. The highest BCUT2D eigenvalue weighted by molar-refractivity contribution is 6.03. The van der Waals surface area contributed by atoms with E-state index >= 15 is 0 Å². The van der Waals surface area contributed by atoms with Gasteiger partial charge in [-0.05, 0) is 53.1 Å². The zero-order chi connectivity index (χ0) is 25.4. The largest absolute Gasteiger partial charge is 0.503 e. The van der Waals surface area contributed by atoms with Crippen LogP contribution in [0.2, 0.25) is 0 Å². The molecule has 0 fully saturated rings.